The Labute approximate surface area is 128 Å². The molecule has 1 aromatic heterocycles. The lowest BCUT2D eigenvalue weighted by molar-refractivity contribution is 0.415. The van der Waals surface area contributed by atoms with Gasteiger partial charge >= 0.3 is 0 Å². The van der Waals surface area contributed by atoms with Gasteiger partial charge in [0, 0.05) is 29.4 Å². The van der Waals surface area contributed by atoms with E-state index in [9.17, 15) is 4.39 Å². The number of nitrogens with zero attached hydrogens (tertiary/aromatic N) is 1. The molecule has 0 bridgehead atoms. The summed E-state index contributed by atoms with van der Waals surface area (Å²) < 4.78 is 18.2. The Bertz CT molecular complexity index is 800. The first-order chi connectivity index (χ1) is 10.7. The molecule has 0 fully saturated rings. The van der Waals surface area contributed by atoms with Crippen LogP contribution in [0.2, 0.25) is 0 Å². The fraction of sp³-hybridized carbons (Fsp3) is 0.167. The predicted molar refractivity (Wildman–Crippen MR) is 86.8 cm³/mol. The normalized spacial score (nSPS) is 10.7. The number of methoxy groups -OCH3 is 1. The van der Waals surface area contributed by atoms with Crippen LogP contribution in [0.1, 0.15) is 11.3 Å². The molecule has 1 N–H and O–H groups in total. The zero-order valence-corrected chi connectivity index (χ0v) is 12.6. The van der Waals surface area contributed by atoms with Crippen LogP contribution in [0.4, 0.5) is 10.1 Å². The van der Waals surface area contributed by atoms with Crippen LogP contribution >= 0.6 is 0 Å². The number of hydrogen-bond acceptors (Lipinski definition) is 3. The van der Waals surface area contributed by atoms with Crippen LogP contribution in [0.25, 0.3) is 10.9 Å². The Morgan fingerprint density at radius 1 is 1.09 bits per heavy atom. The Hall–Kier alpha value is -2.62. The molecule has 0 radical (unpaired) electrons. The predicted octanol–water partition coefficient (Wildman–Crippen LogP) is 4.30. The van der Waals surface area contributed by atoms with E-state index in [2.05, 4.69) is 10.3 Å². The summed E-state index contributed by atoms with van der Waals surface area (Å²) in [6.45, 7) is 2.59. The van der Waals surface area contributed by atoms with Gasteiger partial charge in [-0.15, -0.1) is 0 Å². The van der Waals surface area contributed by atoms with Crippen molar-refractivity contribution in [3.8, 4) is 5.75 Å². The van der Waals surface area contributed by atoms with E-state index in [0.29, 0.717) is 6.54 Å². The third-order valence-electron chi connectivity index (χ3n) is 3.54. The summed E-state index contributed by atoms with van der Waals surface area (Å²) in [6.07, 6.45) is 0. The van der Waals surface area contributed by atoms with Gasteiger partial charge in [-0.2, -0.15) is 0 Å². The van der Waals surface area contributed by atoms with Gasteiger partial charge in [0.2, 0.25) is 0 Å². The number of aryl methyl sites for hydroxylation is 1. The molecule has 4 heteroatoms. The zero-order valence-electron chi connectivity index (χ0n) is 12.6. The summed E-state index contributed by atoms with van der Waals surface area (Å²) in [6, 6.07) is 14.3. The molecule has 0 aliphatic heterocycles. The molecule has 22 heavy (non-hydrogen) atoms. The fourth-order valence-electron chi connectivity index (χ4n) is 2.41. The summed E-state index contributed by atoms with van der Waals surface area (Å²) in [5.74, 6) is 0.566. The lowest BCUT2D eigenvalue weighted by atomic mass is 10.1. The van der Waals surface area contributed by atoms with Gasteiger partial charge in [-0.1, -0.05) is 12.1 Å². The van der Waals surface area contributed by atoms with Crippen LogP contribution in [0, 0.1) is 12.7 Å². The highest BCUT2D eigenvalue weighted by atomic mass is 19.1. The number of pyridine rings is 1. The Morgan fingerprint density at radius 2 is 1.86 bits per heavy atom. The van der Waals surface area contributed by atoms with Crippen molar-refractivity contribution in [2.75, 3.05) is 12.4 Å². The first-order valence-corrected chi connectivity index (χ1v) is 7.09. The summed E-state index contributed by atoms with van der Waals surface area (Å²) >= 11 is 0. The number of aromatic nitrogens is 1. The van der Waals surface area contributed by atoms with Crippen LogP contribution in [0.15, 0.2) is 48.5 Å². The largest absolute Gasteiger partial charge is 0.497 e. The van der Waals surface area contributed by atoms with Crippen LogP contribution in [0.3, 0.4) is 0 Å². The number of anilines is 1. The van der Waals surface area contributed by atoms with Gasteiger partial charge in [-0.05, 0) is 42.8 Å². The number of halogens is 1. The molecule has 1 heterocycles. The maximum Gasteiger partial charge on any atom is 0.123 e. The zero-order chi connectivity index (χ0) is 15.5. The average molecular weight is 296 g/mol. The molecule has 2 aromatic carbocycles. The minimum absolute atomic E-state index is 0.221. The van der Waals surface area contributed by atoms with Crippen molar-refractivity contribution >= 4 is 16.6 Å². The van der Waals surface area contributed by atoms with Crippen LogP contribution < -0.4 is 10.1 Å². The van der Waals surface area contributed by atoms with Crippen LogP contribution in [0.5, 0.6) is 5.75 Å². The molecule has 0 aliphatic carbocycles. The first kappa shape index (κ1) is 14.3. The second kappa shape index (κ2) is 6.02. The summed E-state index contributed by atoms with van der Waals surface area (Å²) in [5, 5.41) is 4.43. The number of fused-ring (bicyclic) bond motifs is 1. The molecule has 0 aliphatic rings. The van der Waals surface area contributed by atoms with Crippen molar-refractivity contribution in [2.45, 2.75) is 13.5 Å². The molecule has 0 amide bonds. The molecule has 0 spiro atoms. The van der Waals surface area contributed by atoms with Gasteiger partial charge in [-0.3, -0.25) is 4.98 Å². The highest BCUT2D eigenvalue weighted by Gasteiger charge is 2.05. The molecular weight excluding hydrogens is 279 g/mol. The molecule has 3 aromatic rings. The summed E-state index contributed by atoms with van der Waals surface area (Å²) in [7, 11) is 1.64. The molecule has 3 rings (SSSR count). The molecule has 0 saturated carbocycles. The molecule has 0 atom stereocenters. The molecule has 112 valence electrons. The smallest absolute Gasteiger partial charge is 0.123 e. The second-order valence-corrected chi connectivity index (χ2v) is 5.17. The first-order valence-electron chi connectivity index (χ1n) is 7.09. The van der Waals surface area contributed by atoms with Gasteiger partial charge in [0.15, 0.2) is 0 Å². The Kier molecular flexibility index (Phi) is 3.92. The van der Waals surface area contributed by atoms with Gasteiger partial charge in [0.25, 0.3) is 0 Å². The quantitative estimate of drug-likeness (QED) is 0.779. The third kappa shape index (κ3) is 3.01. The van der Waals surface area contributed by atoms with E-state index in [1.165, 1.54) is 12.1 Å². The number of rotatable bonds is 4. The number of hydrogen-bond donors (Lipinski definition) is 1. The minimum atomic E-state index is -0.221. The van der Waals surface area contributed by atoms with E-state index in [4.69, 9.17) is 4.74 Å². The van der Waals surface area contributed by atoms with Crippen molar-refractivity contribution in [3.05, 3.63) is 65.6 Å². The maximum absolute atomic E-state index is 12.9. The van der Waals surface area contributed by atoms with Crippen LogP contribution in [-0.2, 0) is 6.54 Å². The van der Waals surface area contributed by atoms with Gasteiger partial charge < -0.3 is 10.1 Å². The fourth-order valence-corrected chi connectivity index (χ4v) is 2.41. The van der Waals surface area contributed by atoms with E-state index in [-0.39, 0.29) is 5.82 Å². The van der Waals surface area contributed by atoms with Crippen molar-refractivity contribution in [1.82, 2.24) is 4.98 Å². The monoisotopic (exact) mass is 296 g/mol. The number of ether oxygens (including phenoxy) is 1. The number of benzene rings is 2. The molecule has 0 unspecified atom stereocenters. The third-order valence-corrected chi connectivity index (χ3v) is 3.54. The van der Waals surface area contributed by atoms with E-state index in [0.717, 1.165) is 33.6 Å². The average Bonchev–Trinajstić information content (AvgIpc) is 2.53. The van der Waals surface area contributed by atoms with Crippen LogP contribution in [-0.4, -0.2) is 12.1 Å². The molecule has 0 saturated heterocycles. The summed E-state index contributed by atoms with van der Waals surface area (Å²) in [5.41, 5.74) is 3.86. The topological polar surface area (TPSA) is 34.1 Å². The van der Waals surface area contributed by atoms with Crippen molar-refractivity contribution in [2.24, 2.45) is 0 Å². The number of nitrogens with one attached hydrogen (secondary N) is 1. The van der Waals surface area contributed by atoms with Crippen molar-refractivity contribution in [1.29, 1.82) is 0 Å². The van der Waals surface area contributed by atoms with E-state index in [1.54, 1.807) is 19.2 Å². The summed E-state index contributed by atoms with van der Waals surface area (Å²) in [4.78, 5) is 4.54. The Morgan fingerprint density at radius 3 is 2.59 bits per heavy atom. The van der Waals surface area contributed by atoms with Gasteiger partial charge in [0.05, 0.1) is 12.6 Å². The minimum Gasteiger partial charge on any atom is -0.497 e. The molecular formula is C18H17FN2O. The maximum atomic E-state index is 12.9. The lowest BCUT2D eigenvalue weighted by Gasteiger charge is -2.12. The van der Waals surface area contributed by atoms with Crippen molar-refractivity contribution in [3.63, 3.8) is 0 Å². The van der Waals surface area contributed by atoms with E-state index >= 15 is 0 Å². The highest BCUT2D eigenvalue weighted by molar-refractivity contribution is 5.92. The highest BCUT2D eigenvalue weighted by Crippen LogP contribution is 2.27. The van der Waals surface area contributed by atoms with E-state index < -0.39 is 0 Å². The second-order valence-electron chi connectivity index (χ2n) is 5.17. The standard InChI is InChI=1S/C18H17FN2O/c1-12-9-17(20-11-13-3-5-14(19)6-4-13)16-8-7-15(22-2)10-18(16)21-12/h3-10H,11H2,1-2H3,(H,20,21). The van der Waals surface area contributed by atoms with E-state index in [1.807, 2.05) is 31.2 Å². The van der Waals surface area contributed by atoms with Gasteiger partial charge in [0.1, 0.15) is 11.6 Å². The SMILES string of the molecule is COc1ccc2c(NCc3ccc(F)cc3)cc(C)nc2c1. The van der Waals surface area contributed by atoms with Gasteiger partial charge in [-0.25, -0.2) is 4.39 Å². The Balaban J connectivity index is 1.90. The molecule has 3 nitrogen and oxygen atoms in total. The van der Waals surface area contributed by atoms with Crippen molar-refractivity contribution < 1.29 is 9.13 Å². The lowest BCUT2D eigenvalue weighted by Crippen LogP contribution is -2.01.